The van der Waals surface area contributed by atoms with Gasteiger partial charge in [0.05, 0.1) is 6.61 Å². The van der Waals surface area contributed by atoms with Crippen LogP contribution < -0.4 is 10.1 Å². The van der Waals surface area contributed by atoms with Crippen LogP contribution in [0.5, 0.6) is 5.75 Å². The summed E-state index contributed by atoms with van der Waals surface area (Å²) in [7, 11) is 2.00. The Bertz CT molecular complexity index is 552. The normalized spacial score (nSPS) is 19.4. The number of amides is 1. The number of likely N-dealkylation sites (N-methyl/N-ethyl adjacent to an activating group) is 1. The first-order chi connectivity index (χ1) is 10.7. The van der Waals surface area contributed by atoms with Gasteiger partial charge in [0, 0.05) is 25.2 Å². The predicted molar refractivity (Wildman–Crippen MR) is 90.6 cm³/mol. The maximum absolute atomic E-state index is 12.3. The molecule has 23 heavy (non-hydrogen) atoms. The van der Waals surface area contributed by atoms with E-state index in [1.807, 2.05) is 52.9 Å². The van der Waals surface area contributed by atoms with Crippen molar-refractivity contribution in [2.45, 2.75) is 45.9 Å². The zero-order valence-electron chi connectivity index (χ0n) is 14.8. The first-order valence-electron chi connectivity index (χ1n) is 8.11. The van der Waals surface area contributed by atoms with Crippen LogP contribution in [0, 0.1) is 6.92 Å². The van der Waals surface area contributed by atoms with Crippen molar-refractivity contribution in [2.24, 2.45) is 0 Å². The number of benzene rings is 1. The van der Waals surface area contributed by atoms with Gasteiger partial charge in [0.15, 0.2) is 0 Å². The fourth-order valence-electron chi connectivity index (χ4n) is 2.47. The molecule has 128 valence electrons. The van der Waals surface area contributed by atoms with Gasteiger partial charge in [-0.25, -0.2) is 0 Å². The number of carbonyl (C=O) groups is 1. The molecule has 1 heterocycles. The highest BCUT2D eigenvalue weighted by molar-refractivity contribution is 5.81. The summed E-state index contributed by atoms with van der Waals surface area (Å²) in [6.07, 6.45) is -0.397. The van der Waals surface area contributed by atoms with E-state index in [2.05, 4.69) is 10.2 Å². The molecule has 0 spiro atoms. The Hall–Kier alpha value is -1.59. The average Bonchev–Trinajstić information content (AvgIpc) is 2.44. The van der Waals surface area contributed by atoms with E-state index in [9.17, 15) is 4.79 Å². The topological polar surface area (TPSA) is 50.8 Å². The molecule has 1 aliphatic heterocycles. The van der Waals surface area contributed by atoms with Gasteiger partial charge in [-0.2, -0.15) is 0 Å². The molecule has 0 radical (unpaired) electrons. The van der Waals surface area contributed by atoms with Gasteiger partial charge in [-0.15, -0.1) is 0 Å². The van der Waals surface area contributed by atoms with E-state index in [1.54, 1.807) is 0 Å². The molecule has 1 N–H and O–H groups in total. The Kier molecular flexibility index (Phi) is 5.65. The SMILES string of the molecule is Cc1ccc(CNC(=O)[C@H]2CN(C)CCO2)c(OC(C)(C)C)c1. The van der Waals surface area contributed by atoms with Gasteiger partial charge in [0.2, 0.25) is 0 Å². The van der Waals surface area contributed by atoms with E-state index in [0.29, 0.717) is 19.7 Å². The molecule has 1 amide bonds. The standard InChI is InChI=1S/C18H28N2O3/c1-13-6-7-14(15(10-13)23-18(2,3)4)11-19-17(21)16-12-20(5)8-9-22-16/h6-7,10,16H,8-9,11-12H2,1-5H3,(H,19,21)/t16-/m1/s1. The molecule has 1 aromatic carbocycles. The third-order valence-electron chi connectivity index (χ3n) is 3.65. The van der Waals surface area contributed by atoms with Crippen molar-refractivity contribution in [1.82, 2.24) is 10.2 Å². The van der Waals surface area contributed by atoms with Crippen LogP contribution in [0.1, 0.15) is 31.9 Å². The number of aryl methyl sites for hydroxylation is 1. The molecule has 0 unspecified atom stereocenters. The van der Waals surface area contributed by atoms with Crippen molar-refractivity contribution in [3.63, 3.8) is 0 Å². The van der Waals surface area contributed by atoms with Crippen molar-refractivity contribution < 1.29 is 14.3 Å². The minimum absolute atomic E-state index is 0.0705. The first-order valence-corrected chi connectivity index (χ1v) is 8.11. The molecule has 1 saturated heterocycles. The van der Waals surface area contributed by atoms with Gasteiger partial charge in [0.25, 0.3) is 5.91 Å². The summed E-state index contributed by atoms with van der Waals surface area (Å²) in [4.78, 5) is 14.4. The van der Waals surface area contributed by atoms with Gasteiger partial charge in [0.1, 0.15) is 17.5 Å². The molecule has 2 rings (SSSR count). The van der Waals surface area contributed by atoms with Gasteiger partial charge in [-0.1, -0.05) is 12.1 Å². The lowest BCUT2D eigenvalue weighted by Gasteiger charge is -2.29. The number of ether oxygens (including phenoxy) is 2. The van der Waals surface area contributed by atoms with Crippen LogP contribution in [-0.2, 0) is 16.1 Å². The summed E-state index contributed by atoms with van der Waals surface area (Å²) in [5.41, 5.74) is 1.83. The van der Waals surface area contributed by atoms with E-state index in [1.165, 1.54) is 0 Å². The lowest BCUT2D eigenvalue weighted by atomic mass is 10.1. The summed E-state index contributed by atoms with van der Waals surface area (Å²) in [5, 5.41) is 2.96. The van der Waals surface area contributed by atoms with Crippen LogP contribution in [0.3, 0.4) is 0 Å². The second-order valence-electron chi connectivity index (χ2n) is 7.17. The molecule has 5 heteroatoms. The van der Waals surface area contributed by atoms with Crippen molar-refractivity contribution in [3.8, 4) is 5.75 Å². The Balaban J connectivity index is 2.00. The number of hydrogen-bond donors (Lipinski definition) is 1. The summed E-state index contributed by atoms with van der Waals surface area (Å²) < 4.78 is 11.6. The van der Waals surface area contributed by atoms with Crippen molar-refractivity contribution >= 4 is 5.91 Å². The number of rotatable bonds is 4. The van der Waals surface area contributed by atoms with Crippen LogP contribution in [0.4, 0.5) is 0 Å². The molecule has 1 aliphatic rings. The van der Waals surface area contributed by atoms with Crippen LogP contribution in [0.25, 0.3) is 0 Å². The molecule has 0 saturated carbocycles. The highest BCUT2D eigenvalue weighted by Gasteiger charge is 2.25. The number of morpholine rings is 1. The molecule has 1 atom stereocenters. The fourth-order valence-corrected chi connectivity index (χ4v) is 2.47. The number of nitrogens with one attached hydrogen (secondary N) is 1. The second-order valence-corrected chi connectivity index (χ2v) is 7.17. The molecule has 1 fully saturated rings. The van der Waals surface area contributed by atoms with Crippen molar-refractivity contribution in [2.75, 3.05) is 26.7 Å². The summed E-state index contributed by atoms with van der Waals surface area (Å²) >= 11 is 0. The van der Waals surface area contributed by atoms with Gasteiger partial charge < -0.3 is 19.7 Å². The van der Waals surface area contributed by atoms with Gasteiger partial charge in [-0.05, 0) is 46.4 Å². The quantitative estimate of drug-likeness (QED) is 0.923. The zero-order chi connectivity index (χ0) is 17.0. The Morgan fingerprint density at radius 1 is 1.43 bits per heavy atom. The van der Waals surface area contributed by atoms with E-state index >= 15 is 0 Å². The monoisotopic (exact) mass is 320 g/mol. The summed E-state index contributed by atoms with van der Waals surface area (Å²) in [6, 6.07) is 6.05. The number of hydrogen-bond acceptors (Lipinski definition) is 4. The molecular formula is C18H28N2O3. The third kappa shape index (κ3) is 5.52. The Labute approximate surface area is 139 Å². The highest BCUT2D eigenvalue weighted by atomic mass is 16.5. The molecule has 0 aliphatic carbocycles. The second kappa shape index (κ2) is 7.32. The number of nitrogens with zero attached hydrogens (tertiary/aromatic N) is 1. The summed E-state index contributed by atoms with van der Waals surface area (Å²) in [6.45, 7) is 10.6. The number of carbonyl (C=O) groups excluding carboxylic acids is 1. The minimum atomic E-state index is -0.397. The molecular weight excluding hydrogens is 292 g/mol. The van der Waals surface area contributed by atoms with Crippen molar-refractivity contribution in [3.05, 3.63) is 29.3 Å². The Morgan fingerprint density at radius 3 is 2.83 bits per heavy atom. The molecule has 5 nitrogen and oxygen atoms in total. The maximum atomic E-state index is 12.3. The largest absolute Gasteiger partial charge is 0.488 e. The van der Waals surface area contributed by atoms with E-state index in [4.69, 9.17) is 9.47 Å². The first kappa shape index (κ1) is 17.8. The third-order valence-corrected chi connectivity index (χ3v) is 3.65. The van der Waals surface area contributed by atoms with Gasteiger partial charge in [-0.3, -0.25) is 4.79 Å². The molecule has 0 bridgehead atoms. The highest BCUT2D eigenvalue weighted by Crippen LogP contribution is 2.24. The smallest absolute Gasteiger partial charge is 0.250 e. The van der Waals surface area contributed by atoms with Crippen LogP contribution in [0.2, 0.25) is 0 Å². The van der Waals surface area contributed by atoms with E-state index in [0.717, 1.165) is 23.4 Å². The van der Waals surface area contributed by atoms with Crippen molar-refractivity contribution in [1.29, 1.82) is 0 Å². The summed E-state index contributed by atoms with van der Waals surface area (Å²) in [5.74, 6) is 0.748. The van der Waals surface area contributed by atoms with E-state index < -0.39 is 6.10 Å². The fraction of sp³-hybridized carbons (Fsp3) is 0.611. The van der Waals surface area contributed by atoms with Crippen LogP contribution in [0.15, 0.2) is 18.2 Å². The lowest BCUT2D eigenvalue weighted by molar-refractivity contribution is -0.138. The zero-order valence-corrected chi connectivity index (χ0v) is 14.8. The lowest BCUT2D eigenvalue weighted by Crippen LogP contribution is -2.48. The predicted octanol–water partition coefficient (Wildman–Crippen LogP) is 2.12. The van der Waals surface area contributed by atoms with E-state index in [-0.39, 0.29) is 11.5 Å². The van der Waals surface area contributed by atoms with Crippen LogP contribution in [-0.4, -0.2) is 49.3 Å². The molecule has 1 aromatic rings. The Morgan fingerprint density at radius 2 is 2.17 bits per heavy atom. The average molecular weight is 320 g/mol. The van der Waals surface area contributed by atoms with Crippen LogP contribution >= 0.6 is 0 Å². The molecule has 0 aromatic heterocycles. The minimum Gasteiger partial charge on any atom is -0.488 e. The van der Waals surface area contributed by atoms with Gasteiger partial charge >= 0.3 is 0 Å². The maximum Gasteiger partial charge on any atom is 0.250 e.